The summed E-state index contributed by atoms with van der Waals surface area (Å²) in [7, 11) is 1.67. The zero-order chi connectivity index (χ0) is 15.7. The number of benzene rings is 1. The summed E-state index contributed by atoms with van der Waals surface area (Å²) >= 11 is 0. The summed E-state index contributed by atoms with van der Waals surface area (Å²) in [4.78, 5) is 26.6. The SMILES string of the molecule is CN(Cc1ccc(C(=O)O)o1)C(=O)N1CCc2ccccc21. The van der Waals surface area contributed by atoms with Gasteiger partial charge in [0.25, 0.3) is 0 Å². The van der Waals surface area contributed by atoms with Crippen LogP contribution in [0.15, 0.2) is 40.8 Å². The summed E-state index contributed by atoms with van der Waals surface area (Å²) in [6.45, 7) is 0.881. The summed E-state index contributed by atoms with van der Waals surface area (Å²) in [5.41, 5.74) is 2.10. The average molecular weight is 300 g/mol. The van der Waals surface area contributed by atoms with Crippen LogP contribution in [0, 0.1) is 0 Å². The first-order chi connectivity index (χ1) is 10.6. The largest absolute Gasteiger partial charge is 0.475 e. The maximum atomic E-state index is 12.5. The molecule has 22 heavy (non-hydrogen) atoms. The Kier molecular flexibility index (Phi) is 3.58. The number of para-hydroxylation sites is 1. The van der Waals surface area contributed by atoms with Crippen LogP contribution in [0.25, 0.3) is 0 Å². The van der Waals surface area contributed by atoms with Crippen molar-refractivity contribution in [1.82, 2.24) is 4.90 Å². The first-order valence-electron chi connectivity index (χ1n) is 6.99. The van der Waals surface area contributed by atoms with Crippen LogP contribution >= 0.6 is 0 Å². The van der Waals surface area contributed by atoms with E-state index in [2.05, 4.69) is 0 Å². The molecule has 1 aliphatic rings. The highest BCUT2D eigenvalue weighted by Gasteiger charge is 2.27. The molecule has 0 saturated heterocycles. The predicted molar refractivity (Wildman–Crippen MR) is 80.0 cm³/mol. The van der Waals surface area contributed by atoms with Gasteiger partial charge in [0.15, 0.2) is 0 Å². The number of anilines is 1. The molecule has 1 aromatic carbocycles. The number of aromatic carboxylic acids is 1. The van der Waals surface area contributed by atoms with Crippen molar-refractivity contribution in [3.8, 4) is 0 Å². The second-order valence-corrected chi connectivity index (χ2v) is 5.24. The van der Waals surface area contributed by atoms with Gasteiger partial charge in [-0.25, -0.2) is 9.59 Å². The van der Waals surface area contributed by atoms with E-state index in [0.29, 0.717) is 12.3 Å². The van der Waals surface area contributed by atoms with Crippen molar-refractivity contribution in [3.63, 3.8) is 0 Å². The number of amides is 2. The molecule has 1 N–H and O–H groups in total. The quantitative estimate of drug-likeness (QED) is 0.945. The van der Waals surface area contributed by atoms with Crippen LogP contribution in [0.3, 0.4) is 0 Å². The number of urea groups is 1. The van der Waals surface area contributed by atoms with Crippen LogP contribution in [0.5, 0.6) is 0 Å². The minimum Gasteiger partial charge on any atom is -0.475 e. The molecule has 0 aliphatic carbocycles. The number of nitrogens with zero attached hydrogens (tertiary/aromatic N) is 2. The highest BCUT2D eigenvalue weighted by molar-refractivity contribution is 5.94. The molecule has 2 heterocycles. The Morgan fingerprint density at radius 3 is 2.77 bits per heavy atom. The van der Waals surface area contributed by atoms with Crippen LogP contribution in [0.2, 0.25) is 0 Å². The van der Waals surface area contributed by atoms with Gasteiger partial charge in [-0.15, -0.1) is 0 Å². The highest BCUT2D eigenvalue weighted by atomic mass is 16.4. The molecule has 2 amide bonds. The van der Waals surface area contributed by atoms with Crippen molar-refractivity contribution < 1.29 is 19.1 Å². The number of hydrogen-bond acceptors (Lipinski definition) is 3. The normalized spacial score (nSPS) is 13.0. The van der Waals surface area contributed by atoms with E-state index in [1.807, 2.05) is 24.3 Å². The molecule has 1 aromatic heterocycles. The number of carboxylic acids is 1. The van der Waals surface area contributed by atoms with E-state index in [0.717, 1.165) is 17.7 Å². The Balaban J connectivity index is 1.71. The third-order valence-corrected chi connectivity index (χ3v) is 3.71. The van der Waals surface area contributed by atoms with Crippen molar-refractivity contribution in [2.45, 2.75) is 13.0 Å². The maximum Gasteiger partial charge on any atom is 0.371 e. The molecule has 0 atom stereocenters. The summed E-state index contributed by atoms with van der Waals surface area (Å²) in [5.74, 6) is -0.795. The monoisotopic (exact) mass is 300 g/mol. The molecule has 0 bridgehead atoms. The first kappa shape index (κ1) is 14.2. The molecule has 2 aromatic rings. The second kappa shape index (κ2) is 5.55. The number of rotatable bonds is 3. The smallest absolute Gasteiger partial charge is 0.371 e. The van der Waals surface area contributed by atoms with Crippen molar-refractivity contribution in [3.05, 3.63) is 53.5 Å². The lowest BCUT2D eigenvalue weighted by molar-refractivity contribution is 0.0659. The minimum atomic E-state index is -1.12. The topological polar surface area (TPSA) is 74.0 Å². The maximum absolute atomic E-state index is 12.5. The van der Waals surface area contributed by atoms with E-state index in [9.17, 15) is 9.59 Å². The summed E-state index contributed by atoms with van der Waals surface area (Å²) in [6, 6.07) is 10.7. The van der Waals surface area contributed by atoms with Crippen LogP contribution < -0.4 is 4.90 Å². The number of carbonyl (C=O) groups is 2. The number of fused-ring (bicyclic) bond motifs is 1. The number of carbonyl (C=O) groups excluding carboxylic acids is 1. The Bertz CT molecular complexity index is 722. The highest BCUT2D eigenvalue weighted by Crippen LogP contribution is 2.28. The molecule has 0 fully saturated rings. The Morgan fingerprint density at radius 1 is 1.27 bits per heavy atom. The summed E-state index contributed by atoms with van der Waals surface area (Å²) in [6.07, 6.45) is 0.847. The predicted octanol–water partition coefficient (Wildman–Crippen LogP) is 2.59. The van der Waals surface area contributed by atoms with Gasteiger partial charge in [-0.05, 0) is 30.2 Å². The van der Waals surface area contributed by atoms with E-state index in [1.54, 1.807) is 18.0 Å². The zero-order valence-electron chi connectivity index (χ0n) is 12.2. The molecular weight excluding hydrogens is 284 g/mol. The molecule has 0 unspecified atom stereocenters. The fraction of sp³-hybridized carbons (Fsp3) is 0.250. The van der Waals surface area contributed by atoms with Crippen molar-refractivity contribution >= 4 is 17.7 Å². The molecule has 1 aliphatic heterocycles. The van der Waals surface area contributed by atoms with Gasteiger partial charge >= 0.3 is 12.0 Å². The molecule has 6 nitrogen and oxygen atoms in total. The fourth-order valence-electron chi connectivity index (χ4n) is 2.62. The van der Waals surface area contributed by atoms with E-state index >= 15 is 0 Å². The van der Waals surface area contributed by atoms with Crippen LogP contribution in [-0.4, -0.2) is 35.6 Å². The van der Waals surface area contributed by atoms with Crippen molar-refractivity contribution in [2.24, 2.45) is 0 Å². The van der Waals surface area contributed by atoms with Gasteiger partial charge in [-0.3, -0.25) is 4.90 Å². The lowest BCUT2D eigenvalue weighted by Crippen LogP contribution is -2.39. The van der Waals surface area contributed by atoms with Gasteiger partial charge in [0, 0.05) is 19.3 Å². The molecule has 3 rings (SSSR count). The van der Waals surface area contributed by atoms with E-state index in [-0.39, 0.29) is 18.3 Å². The lowest BCUT2D eigenvalue weighted by atomic mass is 10.2. The summed E-state index contributed by atoms with van der Waals surface area (Å²) in [5, 5.41) is 8.84. The van der Waals surface area contributed by atoms with Crippen LogP contribution in [0.4, 0.5) is 10.5 Å². The van der Waals surface area contributed by atoms with Gasteiger partial charge in [-0.1, -0.05) is 18.2 Å². The number of furan rings is 1. The van der Waals surface area contributed by atoms with Crippen LogP contribution in [0.1, 0.15) is 21.9 Å². The third-order valence-electron chi connectivity index (χ3n) is 3.71. The van der Waals surface area contributed by atoms with Gasteiger partial charge in [0.1, 0.15) is 5.76 Å². The first-order valence-corrected chi connectivity index (χ1v) is 6.99. The Labute approximate surface area is 127 Å². The average Bonchev–Trinajstić information content (AvgIpc) is 3.13. The summed E-state index contributed by atoms with van der Waals surface area (Å²) < 4.78 is 5.19. The van der Waals surface area contributed by atoms with Gasteiger partial charge in [0.2, 0.25) is 5.76 Å². The molecule has 0 spiro atoms. The van der Waals surface area contributed by atoms with Crippen molar-refractivity contribution in [2.75, 3.05) is 18.5 Å². The fourth-order valence-corrected chi connectivity index (χ4v) is 2.62. The molecule has 0 radical (unpaired) electrons. The van der Waals surface area contributed by atoms with E-state index in [1.165, 1.54) is 11.0 Å². The van der Waals surface area contributed by atoms with E-state index < -0.39 is 5.97 Å². The van der Waals surface area contributed by atoms with E-state index in [4.69, 9.17) is 9.52 Å². The molecule has 0 saturated carbocycles. The molecular formula is C16H16N2O4. The Morgan fingerprint density at radius 2 is 2.05 bits per heavy atom. The number of carboxylic acid groups (broad SMARTS) is 1. The van der Waals surface area contributed by atoms with Gasteiger partial charge < -0.3 is 14.4 Å². The zero-order valence-corrected chi connectivity index (χ0v) is 12.2. The van der Waals surface area contributed by atoms with Gasteiger partial charge in [-0.2, -0.15) is 0 Å². The van der Waals surface area contributed by atoms with Crippen molar-refractivity contribution in [1.29, 1.82) is 0 Å². The minimum absolute atomic E-state index is 0.123. The Hall–Kier alpha value is -2.76. The lowest BCUT2D eigenvalue weighted by Gasteiger charge is -2.24. The molecule has 114 valence electrons. The second-order valence-electron chi connectivity index (χ2n) is 5.24. The number of hydrogen-bond donors (Lipinski definition) is 1. The van der Waals surface area contributed by atoms with Gasteiger partial charge in [0.05, 0.1) is 6.54 Å². The van der Waals surface area contributed by atoms with Crippen LogP contribution in [-0.2, 0) is 13.0 Å². The standard InChI is InChI=1S/C16H16N2O4/c1-17(10-12-6-7-14(22-12)15(19)20)16(21)18-9-8-11-4-2-3-5-13(11)18/h2-7H,8-10H2,1H3,(H,19,20). The third kappa shape index (κ3) is 2.55. The molecule has 6 heteroatoms.